The van der Waals surface area contributed by atoms with E-state index in [1.165, 1.54) is 11.1 Å². The van der Waals surface area contributed by atoms with E-state index in [0.29, 0.717) is 0 Å². The SMILES string of the molecule is C1=Cc2ccccc2C(c2ccco2)N1. The lowest BCUT2D eigenvalue weighted by Gasteiger charge is -2.21. The maximum atomic E-state index is 5.43. The molecule has 15 heavy (non-hydrogen) atoms. The van der Waals surface area contributed by atoms with Crippen LogP contribution in [0.4, 0.5) is 0 Å². The van der Waals surface area contributed by atoms with E-state index in [1.54, 1.807) is 6.26 Å². The molecule has 1 aromatic heterocycles. The molecule has 2 aromatic rings. The van der Waals surface area contributed by atoms with Crippen LogP contribution in [-0.4, -0.2) is 0 Å². The highest BCUT2D eigenvalue weighted by molar-refractivity contribution is 5.58. The van der Waals surface area contributed by atoms with Gasteiger partial charge in [0.2, 0.25) is 0 Å². The molecule has 2 heterocycles. The summed E-state index contributed by atoms with van der Waals surface area (Å²) in [7, 11) is 0. The first-order chi connectivity index (χ1) is 7.45. The third-order valence-electron chi connectivity index (χ3n) is 2.66. The first kappa shape index (κ1) is 8.36. The van der Waals surface area contributed by atoms with Gasteiger partial charge in [0, 0.05) is 0 Å². The summed E-state index contributed by atoms with van der Waals surface area (Å²) in [5, 5.41) is 3.30. The number of hydrogen-bond acceptors (Lipinski definition) is 2. The fraction of sp³-hybridized carbons (Fsp3) is 0.0769. The molecule has 0 spiro atoms. The molecule has 1 N–H and O–H groups in total. The van der Waals surface area contributed by atoms with Crippen molar-refractivity contribution < 1.29 is 4.42 Å². The maximum absolute atomic E-state index is 5.43. The summed E-state index contributed by atoms with van der Waals surface area (Å²) in [5.41, 5.74) is 2.51. The summed E-state index contributed by atoms with van der Waals surface area (Å²) in [6.45, 7) is 0. The number of rotatable bonds is 1. The largest absolute Gasteiger partial charge is 0.467 e. The normalized spacial score (nSPS) is 18.3. The van der Waals surface area contributed by atoms with Gasteiger partial charge in [-0.3, -0.25) is 0 Å². The lowest BCUT2D eigenvalue weighted by Crippen LogP contribution is -2.19. The van der Waals surface area contributed by atoms with E-state index in [2.05, 4.69) is 29.6 Å². The van der Waals surface area contributed by atoms with Gasteiger partial charge in [-0.15, -0.1) is 0 Å². The van der Waals surface area contributed by atoms with Crippen LogP contribution in [0.25, 0.3) is 6.08 Å². The second-order valence-corrected chi connectivity index (χ2v) is 3.58. The minimum Gasteiger partial charge on any atom is -0.467 e. The molecular weight excluding hydrogens is 186 g/mol. The van der Waals surface area contributed by atoms with E-state index in [0.717, 1.165) is 5.76 Å². The van der Waals surface area contributed by atoms with Gasteiger partial charge in [0.25, 0.3) is 0 Å². The molecule has 0 fully saturated rings. The summed E-state index contributed by atoms with van der Waals surface area (Å²) < 4.78 is 5.43. The molecule has 2 heteroatoms. The van der Waals surface area contributed by atoms with Gasteiger partial charge >= 0.3 is 0 Å². The Labute approximate surface area is 88.2 Å². The first-order valence-corrected chi connectivity index (χ1v) is 5.00. The zero-order valence-electron chi connectivity index (χ0n) is 8.18. The van der Waals surface area contributed by atoms with Crippen molar-refractivity contribution in [2.24, 2.45) is 0 Å². The van der Waals surface area contributed by atoms with Gasteiger partial charge in [0.15, 0.2) is 0 Å². The Balaban J connectivity index is 2.10. The Kier molecular flexibility index (Phi) is 1.85. The molecule has 2 nitrogen and oxygen atoms in total. The second kappa shape index (κ2) is 3.31. The van der Waals surface area contributed by atoms with Crippen molar-refractivity contribution >= 4 is 6.08 Å². The average Bonchev–Trinajstić information content (AvgIpc) is 2.82. The van der Waals surface area contributed by atoms with Gasteiger partial charge in [-0.2, -0.15) is 0 Å². The van der Waals surface area contributed by atoms with Crippen molar-refractivity contribution in [2.45, 2.75) is 6.04 Å². The van der Waals surface area contributed by atoms with Crippen LogP contribution in [0, 0.1) is 0 Å². The van der Waals surface area contributed by atoms with Crippen molar-refractivity contribution in [3.8, 4) is 0 Å². The molecule has 0 aliphatic carbocycles. The fourth-order valence-electron chi connectivity index (χ4n) is 1.94. The minimum absolute atomic E-state index is 0.140. The van der Waals surface area contributed by atoms with Gasteiger partial charge in [-0.25, -0.2) is 0 Å². The van der Waals surface area contributed by atoms with E-state index < -0.39 is 0 Å². The van der Waals surface area contributed by atoms with Gasteiger partial charge in [0.05, 0.1) is 6.26 Å². The van der Waals surface area contributed by atoms with Crippen molar-refractivity contribution in [3.05, 3.63) is 65.7 Å². The third kappa shape index (κ3) is 1.34. The molecule has 1 aliphatic rings. The van der Waals surface area contributed by atoms with Crippen molar-refractivity contribution in [1.82, 2.24) is 5.32 Å². The first-order valence-electron chi connectivity index (χ1n) is 5.00. The van der Waals surface area contributed by atoms with Crippen LogP contribution in [0.5, 0.6) is 0 Å². The third-order valence-corrected chi connectivity index (χ3v) is 2.66. The molecule has 1 unspecified atom stereocenters. The summed E-state index contributed by atoms with van der Waals surface area (Å²) >= 11 is 0. The second-order valence-electron chi connectivity index (χ2n) is 3.58. The van der Waals surface area contributed by atoms with Gasteiger partial charge < -0.3 is 9.73 Å². The van der Waals surface area contributed by atoms with E-state index in [9.17, 15) is 0 Å². The van der Waals surface area contributed by atoms with Crippen molar-refractivity contribution in [1.29, 1.82) is 0 Å². The summed E-state index contributed by atoms with van der Waals surface area (Å²) in [5.74, 6) is 0.951. The Morgan fingerprint density at radius 2 is 2.00 bits per heavy atom. The Hall–Kier alpha value is -1.96. The van der Waals surface area contributed by atoms with Gasteiger partial charge in [-0.1, -0.05) is 24.3 Å². The monoisotopic (exact) mass is 197 g/mol. The molecule has 0 radical (unpaired) electrons. The molecule has 1 aromatic carbocycles. The topological polar surface area (TPSA) is 25.2 Å². The molecule has 0 saturated carbocycles. The number of fused-ring (bicyclic) bond motifs is 1. The zero-order valence-corrected chi connectivity index (χ0v) is 8.18. The van der Waals surface area contributed by atoms with Crippen LogP contribution in [0.2, 0.25) is 0 Å². The molecule has 0 amide bonds. The summed E-state index contributed by atoms with van der Waals surface area (Å²) in [6, 6.07) is 12.4. The Morgan fingerprint density at radius 3 is 2.87 bits per heavy atom. The lowest BCUT2D eigenvalue weighted by molar-refractivity contribution is 0.468. The molecule has 74 valence electrons. The summed E-state index contributed by atoms with van der Waals surface area (Å²) in [4.78, 5) is 0. The van der Waals surface area contributed by atoms with E-state index in [-0.39, 0.29) is 6.04 Å². The Morgan fingerprint density at radius 1 is 1.07 bits per heavy atom. The Bertz CT molecular complexity index is 485. The highest BCUT2D eigenvalue weighted by Crippen LogP contribution is 2.28. The van der Waals surface area contributed by atoms with E-state index >= 15 is 0 Å². The fourth-order valence-corrected chi connectivity index (χ4v) is 1.94. The van der Waals surface area contributed by atoms with Gasteiger partial charge in [-0.05, 0) is 35.5 Å². The summed E-state index contributed by atoms with van der Waals surface area (Å²) in [6.07, 6.45) is 5.75. The van der Waals surface area contributed by atoms with Crippen LogP contribution >= 0.6 is 0 Å². The van der Waals surface area contributed by atoms with E-state index in [4.69, 9.17) is 4.42 Å². The van der Waals surface area contributed by atoms with Crippen molar-refractivity contribution in [2.75, 3.05) is 0 Å². The molecule has 0 saturated heterocycles. The number of furan rings is 1. The maximum Gasteiger partial charge on any atom is 0.130 e. The highest BCUT2D eigenvalue weighted by atomic mass is 16.3. The number of nitrogens with one attached hydrogen (secondary N) is 1. The predicted molar refractivity (Wildman–Crippen MR) is 59.2 cm³/mol. The quantitative estimate of drug-likeness (QED) is 0.760. The number of benzene rings is 1. The van der Waals surface area contributed by atoms with Crippen LogP contribution in [0.15, 0.2) is 53.3 Å². The average molecular weight is 197 g/mol. The predicted octanol–water partition coefficient (Wildman–Crippen LogP) is 2.94. The van der Waals surface area contributed by atoms with E-state index in [1.807, 2.05) is 24.4 Å². The molecule has 1 atom stereocenters. The molecular formula is C13H11NO. The highest BCUT2D eigenvalue weighted by Gasteiger charge is 2.19. The molecule has 1 aliphatic heterocycles. The van der Waals surface area contributed by atoms with Crippen LogP contribution in [-0.2, 0) is 0 Å². The lowest BCUT2D eigenvalue weighted by atomic mass is 9.96. The zero-order chi connectivity index (χ0) is 10.1. The standard InChI is InChI=1S/C13H11NO/c1-2-5-11-10(4-1)7-8-14-13(11)12-6-3-9-15-12/h1-9,13-14H. The van der Waals surface area contributed by atoms with Crippen molar-refractivity contribution in [3.63, 3.8) is 0 Å². The van der Waals surface area contributed by atoms with Crippen LogP contribution in [0.1, 0.15) is 22.9 Å². The molecule has 3 rings (SSSR count). The van der Waals surface area contributed by atoms with Crippen LogP contribution in [0.3, 0.4) is 0 Å². The molecule has 0 bridgehead atoms. The van der Waals surface area contributed by atoms with Crippen LogP contribution < -0.4 is 5.32 Å². The van der Waals surface area contributed by atoms with Gasteiger partial charge in [0.1, 0.15) is 11.8 Å². The number of hydrogen-bond donors (Lipinski definition) is 1. The minimum atomic E-state index is 0.140. The smallest absolute Gasteiger partial charge is 0.130 e.